The highest BCUT2D eigenvalue weighted by atomic mass is 32.1. The third-order valence-electron chi connectivity index (χ3n) is 9.40. The zero-order valence-electron chi connectivity index (χ0n) is 29.0. The Labute approximate surface area is 266 Å². The number of thiol groups is 1. The Kier molecular flexibility index (Phi) is 17.0. The standard InChI is InChI=1S/C22H35BNO2S.C8H16.C6H13F/c1-15(2)19(25)22(10-12-24-13-11-22)18-9-8-17(14-16(18)3)23-26-20(4,5)21(6,7)27;1-3-4-8-5-7(2)6-8;1-3-5-6(7)4-2/h8-9,14-15,24,27H,10-13H2,1-7H3;7-8H,3-6H2,1-2H3;6H,3-5H2,1-2H3. The number of hydrogen-bond acceptors (Lipinski definition) is 4. The molecule has 1 N–H and O–H groups in total. The third kappa shape index (κ3) is 11.9. The van der Waals surface area contributed by atoms with E-state index in [1.807, 2.05) is 49.0 Å². The number of piperidine rings is 1. The molecular weight excluding hydrogens is 540 g/mol. The van der Waals surface area contributed by atoms with E-state index in [2.05, 4.69) is 70.8 Å². The molecule has 1 aliphatic heterocycles. The minimum atomic E-state index is -0.551. The lowest BCUT2D eigenvalue weighted by molar-refractivity contribution is -0.128. The zero-order valence-corrected chi connectivity index (χ0v) is 29.9. The number of nitrogens with one attached hydrogen (secondary N) is 1. The minimum absolute atomic E-state index is 0.0375. The summed E-state index contributed by atoms with van der Waals surface area (Å²) in [6, 6.07) is 6.34. The molecule has 2 fully saturated rings. The van der Waals surface area contributed by atoms with Gasteiger partial charge in [-0.05, 0) is 109 Å². The first kappa shape index (κ1) is 39.2. The summed E-state index contributed by atoms with van der Waals surface area (Å²) in [5.74, 6) is 2.55. The van der Waals surface area contributed by atoms with Gasteiger partial charge in [-0.2, -0.15) is 12.6 Å². The molecule has 1 aliphatic carbocycles. The maximum atomic E-state index is 13.2. The maximum absolute atomic E-state index is 13.2. The van der Waals surface area contributed by atoms with Crippen molar-refractivity contribution in [3.8, 4) is 0 Å². The fraction of sp³-hybridized carbons (Fsp3) is 0.806. The summed E-state index contributed by atoms with van der Waals surface area (Å²) in [5, 5.41) is 3.40. The first-order valence-electron chi connectivity index (χ1n) is 16.8. The summed E-state index contributed by atoms with van der Waals surface area (Å²) < 4.78 is 17.9. The molecule has 1 heterocycles. The molecule has 1 saturated heterocycles. The molecule has 6 heteroatoms. The summed E-state index contributed by atoms with van der Waals surface area (Å²) in [5.41, 5.74) is 2.59. The molecule has 1 aromatic carbocycles. The lowest BCUT2D eigenvalue weighted by Gasteiger charge is -2.39. The van der Waals surface area contributed by atoms with Crippen molar-refractivity contribution in [3.63, 3.8) is 0 Å². The molecule has 1 atom stereocenters. The van der Waals surface area contributed by atoms with Crippen LogP contribution in [0.4, 0.5) is 4.39 Å². The molecular formula is C36H64BFNO2S. The van der Waals surface area contributed by atoms with Crippen LogP contribution in [-0.4, -0.2) is 42.9 Å². The zero-order chi connectivity index (χ0) is 32.1. The molecule has 3 rings (SSSR count). The van der Waals surface area contributed by atoms with Gasteiger partial charge in [-0.1, -0.05) is 84.5 Å². The van der Waals surface area contributed by atoms with Crippen LogP contribution in [0.2, 0.25) is 0 Å². The molecule has 2 aliphatic rings. The van der Waals surface area contributed by atoms with Crippen LogP contribution in [0.3, 0.4) is 0 Å². The molecule has 0 aromatic heterocycles. The maximum Gasteiger partial charge on any atom is 0.330 e. The van der Waals surface area contributed by atoms with Gasteiger partial charge in [0, 0.05) is 10.7 Å². The van der Waals surface area contributed by atoms with E-state index in [1.54, 1.807) is 0 Å². The number of Topliss-reactive ketones (excluding diaryl/α,β-unsaturated/α-hetero) is 1. The van der Waals surface area contributed by atoms with Gasteiger partial charge in [0.05, 0.1) is 17.2 Å². The quantitative estimate of drug-likeness (QED) is 0.185. The van der Waals surface area contributed by atoms with Crippen molar-refractivity contribution in [3.05, 3.63) is 29.3 Å². The Balaban J connectivity index is 0.000000477. The summed E-state index contributed by atoms with van der Waals surface area (Å²) in [6.45, 7) is 24.6. The summed E-state index contributed by atoms with van der Waals surface area (Å²) in [4.78, 5) is 13.2. The van der Waals surface area contributed by atoms with E-state index in [0.29, 0.717) is 12.2 Å². The van der Waals surface area contributed by atoms with Crippen LogP contribution in [0.1, 0.15) is 138 Å². The van der Waals surface area contributed by atoms with Gasteiger partial charge in [-0.3, -0.25) is 4.79 Å². The number of rotatable bonds is 12. The number of hydrogen-bond donors (Lipinski definition) is 2. The number of alkyl halides is 1. The normalized spacial score (nSPS) is 20.8. The van der Waals surface area contributed by atoms with Gasteiger partial charge < -0.3 is 9.97 Å². The fourth-order valence-corrected chi connectivity index (χ4v) is 5.99. The van der Waals surface area contributed by atoms with Gasteiger partial charge in [0.25, 0.3) is 0 Å². The Bertz CT molecular complexity index is 915. The van der Waals surface area contributed by atoms with Crippen molar-refractivity contribution in [2.24, 2.45) is 17.8 Å². The van der Waals surface area contributed by atoms with Crippen LogP contribution < -0.4 is 10.8 Å². The van der Waals surface area contributed by atoms with Crippen LogP contribution >= 0.6 is 12.6 Å². The van der Waals surface area contributed by atoms with E-state index in [-0.39, 0.29) is 16.1 Å². The number of ketones is 1. The van der Waals surface area contributed by atoms with E-state index in [0.717, 1.165) is 61.6 Å². The van der Waals surface area contributed by atoms with Crippen LogP contribution in [0, 0.1) is 24.7 Å². The number of carbonyl (C=O) groups is 1. The Hall–Kier alpha value is -0.845. The number of aryl methyl sites for hydroxylation is 1. The number of carbonyl (C=O) groups excluding carboxylic acids is 1. The van der Waals surface area contributed by atoms with E-state index in [1.165, 1.54) is 31.2 Å². The van der Waals surface area contributed by atoms with Crippen LogP contribution in [-0.2, 0) is 14.9 Å². The molecule has 0 bridgehead atoms. The molecule has 3 nitrogen and oxygen atoms in total. The minimum Gasteiger partial charge on any atom is -0.428 e. The lowest BCUT2D eigenvalue weighted by Crippen LogP contribution is -2.48. The number of halogens is 1. The van der Waals surface area contributed by atoms with Crippen LogP contribution in [0.15, 0.2) is 18.2 Å². The van der Waals surface area contributed by atoms with E-state index < -0.39 is 11.8 Å². The molecule has 241 valence electrons. The molecule has 1 saturated carbocycles. The van der Waals surface area contributed by atoms with Crippen LogP contribution in [0.25, 0.3) is 0 Å². The summed E-state index contributed by atoms with van der Waals surface area (Å²) in [7, 11) is 1.81. The topological polar surface area (TPSA) is 38.3 Å². The second-order valence-corrected chi connectivity index (χ2v) is 15.4. The van der Waals surface area contributed by atoms with Crippen molar-refractivity contribution >= 4 is 31.4 Å². The monoisotopic (exact) mass is 604 g/mol. The highest BCUT2D eigenvalue weighted by Crippen LogP contribution is 2.38. The Morgan fingerprint density at radius 1 is 1.12 bits per heavy atom. The van der Waals surface area contributed by atoms with Crippen LogP contribution in [0.5, 0.6) is 0 Å². The van der Waals surface area contributed by atoms with Gasteiger partial charge >= 0.3 is 7.48 Å². The van der Waals surface area contributed by atoms with Gasteiger partial charge in [0.15, 0.2) is 0 Å². The third-order valence-corrected chi connectivity index (χ3v) is 9.93. The van der Waals surface area contributed by atoms with Crippen molar-refractivity contribution in [1.29, 1.82) is 0 Å². The number of benzene rings is 1. The average molecular weight is 605 g/mol. The SMILES string of the molecule is CCCC(F)CC.CCCC1CC(C)C1.Cc1cc([B]OC(C)(C)C(C)(C)S)ccc1C1(C(=O)C(C)C)CCNCC1. The van der Waals surface area contributed by atoms with Gasteiger partial charge in [-0.15, -0.1) is 0 Å². The van der Waals surface area contributed by atoms with Crippen molar-refractivity contribution in [1.82, 2.24) is 5.32 Å². The van der Waals surface area contributed by atoms with E-state index in [9.17, 15) is 9.18 Å². The Morgan fingerprint density at radius 3 is 2.12 bits per heavy atom. The van der Waals surface area contributed by atoms with Crippen molar-refractivity contribution in [2.45, 2.75) is 156 Å². The average Bonchev–Trinajstić information content (AvgIpc) is 2.91. The highest BCUT2D eigenvalue weighted by molar-refractivity contribution is 7.81. The molecule has 0 spiro atoms. The molecule has 42 heavy (non-hydrogen) atoms. The molecule has 0 amide bonds. The fourth-order valence-electron chi connectivity index (χ4n) is 5.94. The van der Waals surface area contributed by atoms with E-state index >= 15 is 0 Å². The van der Waals surface area contributed by atoms with Gasteiger partial charge in [0.2, 0.25) is 0 Å². The summed E-state index contributed by atoms with van der Waals surface area (Å²) in [6.07, 6.45) is 9.43. The van der Waals surface area contributed by atoms with Gasteiger partial charge in [0.1, 0.15) is 5.78 Å². The van der Waals surface area contributed by atoms with Crippen molar-refractivity contribution < 1.29 is 13.8 Å². The summed E-state index contributed by atoms with van der Waals surface area (Å²) >= 11 is 4.65. The predicted molar refractivity (Wildman–Crippen MR) is 185 cm³/mol. The van der Waals surface area contributed by atoms with E-state index in [4.69, 9.17) is 4.65 Å². The second-order valence-electron chi connectivity index (χ2n) is 14.3. The lowest BCUT2D eigenvalue weighted by atomic mass is 9.65. The smallest absolute Gasteiger partial charge is 0.330 e. The first-order valence-corrected chi connectivity index (χ1v) is 17.2. The first-order chi connectivity index (χ1) is 19.5. The van der Waals surface area contributed by atoms with Gasteiger partial charge in [-0.25, -0.2) is 4.39 Å². The molecule has 1 unspecified atom stereocenters. The predicted octanol–water partition coefficient (Wildman–Crippen LogP) is 8.96. The highest BCUT2D eigenvalue weighted by Gasteiger charge is 2.42. The largest absolute Gasteiger partial charge is 0.428 e. The Morgan fingerprint density at radius 2 is 1.71 bits per heavy atom. The molecule has 1 radical (unpaired) electrons. The molecule has 1 aromatic rings. The van der Waals surface area contributed by atoms with Crippen molar-refractivity contribution in [2.75, 3.05) is 13.1 Å². The second kappa shape index (κ2) is 18.2.